The van der Waals surface area contributed by atoms with E-state index in [1.54, 1.807) is 13.8 Å². The monoisotopic (exact) mass is 263 g/mol. The van der Waals surface area contributed by atoms with Gasteiger partial charge >= 0.3 is 0 Å². The van der Waals surface area contributed by atoms with Crippen LogP contribution in [0.25, 0.3) is 0 Å². The molecule has 2 bridgehead atoms. The van der Waals surface area contributed by atoms with Crippen molar-refractivity contribution in [3.8, 4) is 0 Å². The second-order valence-corrected chi connectivity index (χ2v) is 6.36. The number of piperidine rings is 2. The second kappa shape index (κ2) is 4.57. The normalized spacial score (nSPS) is 34.3. The molecule has 2 N–H and O–H groups in total. The molecule has 0 aromatic heterocycles. The van der Waals surface area contributed by atoms with Crippen molar-refractivity contribution in [2.75, 3.05) is 0 Å². The molecule has 2 heterocycles. The van der Waals surface area contributed by atoms with Crippen molar-refractivity contribution in [2.45, 2.75) is 63.6 Å². The van der Waals surface area contributed by atoms with Gasteiger partial charge in [0.2, 0.25) is 0 Å². The fraction of sp³-hybridized carbons (Fsp3) is 0.625. The third-order valence-electron chi connectivity index (χ3n) is 4.72. The summed E-state index contributed by atoms with van der Waals surface area (Å²) in [7, 11) is 0. The van der Waals surface area contributed by atoms with Crippen LogP contribution in [0.1, 0.15) is 48.8 Å². The van der Waals surface area contributed by atoms with Gasteiger partial charge in [-0.1, -0.05) is 18.6 Å². The summed E-state index contributed by atoms with van der Waals surface area (Å²) >= 11 is 0. The zero-order valence-corrected chi connectivity index (χ0v) is 11.7. The Labute approximate surface area is 114 Å². The molecular formula is C16H22FNO. The first-order chi connectivity index (χ1) is 8.98. The number of hydrogen-bond acceptors (Lipinski definition) is 2. The number of aliphatic hydroxyl groups is 1. The van der Waals surface area contributed by atoms with Crippen LogP contribution in [0.4, 0.5) is 4.39 Å². The van der Waals surface area contributed by atoms with Crippen LogP contribution in [0.3, 0.4) is 0 Å². The van der Waals surface area contributed by atoms with Crippen LogP contribution in [0.5, 0.6) is 0 Å². The molecule has 3 rings (SSSR count). The Balaban J connectivity index is 1.96. The molecule has 1 aromatic rings. The Morgan fingerprint density at radius 1 is 1.16 bits per heavy atom. The van der Waals surface area contributed by atoms with Gasteiger partial charge in [0.25, 0.3) is 0 Å². The van der Waals surface area contributed by atoms with Crippen LogP contribution in [-0.2, 0) is 5.60 Å². The molecule has 3 heteroatoms. The fourth-order valence-corrected chi connectivity index (χ4v) is 3.78. The summed E-state index contributed by atoms with van der Waals surface area (Å²) in [6, 6.07) is 4.46. The molecule has 0 spiro atoms. The first-order valence-corrected chi connectivity index (χ1v) is 7.23. The van der Waals surface area contributed by atoms with Crippen molar-refractivity contribution < 1.29 is 9.50 Å². The molecule has 2 unspecified atom stereocenters. The van der Waals surface area contributed by atoms with Crippen molar-refractivity contribution in [3.63, 3.8) is 0 Å². The fourth-order valence-electron chi connectivity index (χ4n) is 3.78. The predicted molar refractivity (Wildman–Crippen MR) is 73.6 cm³/mol. The van der Waals surface area contributed by atoms with Crippen LogP contribution < -0.4 is 5.32 Å². The van der Waals surface area contributed by atoms with Crippen LogP contribution >= 0.6 is 0 Å². The number of halogens is 1. The number of nitrogens with one attached hydrogen (secondary N) is 1. The maximum atomic E-state index is 13.7. The van der Waals surface area contributed by atoms with Crippen LogP contribution in [0, 0.1) is 19.7 Å². The SMILES string of the molecule is Cc1cc(C2(O)CC3CCCC(C2)N3)cc(C)c1F. The minimum absolute atomic E-state index is 0.151. The van der Waals surface area contributed by atoms with Gasteiger partial charge in [0.15, 0.2) is 0 Å². The average Bonchev–Trinajstić information content (AvgIpc) is 2.34. The first-order valence-electron chi connectivity index (χ1n) is 7.23. The van der Waals surface area contributed by atoms with Crippen LogP contribution in [-0.4, -0.2) is 17.2 Å². The van der Waals surface area contributed by atoms with Crippen LogP contribution in [0.15, 0.2) is 12.1 Å². The lowest BCUT2D eigenvalue weighted by Crippen LogP contribution is -2.54. The largest absolute Gasteiger partial charge is 0.385 e. The highest BCUT2D eigenvalue weighted by Gasteiger charge is 2.41. The van der Waals surface area contributed by atoms with Crippen molar-refractivity contribution in [1.82, 2.24) is 5.32 Å². The van der Waals surface area contributed by atoms with Gasteiger partial charge in [-0.05, 0) is 56.2 Å². The Kier molecular flexibility index (Phi) is 3.14. The third-order valence-corrected chi connectivity index (χ3v) is 4.72. The van der Waals surface area contributed by atoms with Gasteiger partial charge in [0.1, 0.15) is 5.82 Å². The molecular weight excluding hydrogens is 241 g/mol. The molecule has 2 atom stereocenters. The van der Waals surface area contributed by atoms with Gasteiger partial charge in [-0.3, -0.25) is 0 Å². The molecule has 2 aliphatic rings. The van der Waals surface area contributed by atoms with E-state index in [2.05, 4.69) is 5.32 Å². The van der Waals surface area contributed by atoms with Crippen molar-refractivity contribution in [2.24, 2.45) is 0 Å². The smallest absolute Gasteiger partial charge is 0.129 e. The minimum Gasteiger partial charge on any atom is -0.385 e. The summed E-state index contributed by atoms with van der Waals surface area (Å²) in [5.41, 5.74) is 1.37. The van der Waals surface area contributed by atoms with E-state index in [0.717, 1.165) is 31.2 Å². The Hall–Kier alpha value is -0.930. The van der Waals surface area contributed by atoms with E-state index in [-0.39, 0.29) is 5.82 Å². The van der Waals surface area contributed by atoms with Gasteiger partial charge in [0, 0.05) is 12.1 Å². The lowest BCUT2D eigenvalue weighted by molar-refractivity contribution is -0.0360. The maximum absolute atomic E-state index is 13.7. The van der Waals surface area contributed by atoms with E-state index in [4.69, 9.17) is 0 Å². The van der Waals surface area contributed by atoms with E-state index in [1.165, 1.54) is 6.42 Å². The Morgan fingerprint density at radius 2 is 1.68 bits per heavy atom. The molecule has 1 aromatic carbocycles. The summed E-state index contributed by atoms with van der Waals surface area (Å²) in [6.07, 6.45) is 5.01. The number of benzene rings is 1. The van der Waals surface area contributed by atoms with E-state index in [9.17, 15) is 9.50 Å². The van der Waals surface area contributed by atoms with Crippen molar-refractivity contribution in [3.05, 3.63) is 34.6 Å². The summed E-state index contributed by atoms with van der Waals surface area (Å²) in [5, 5.41) is 14.6. The quantitative estimate of drug-likeness (QED) is 0.816. The molecule has 2 saturated heterocycles. The molecule has 0 radical (unpaired) electrons. The number of rotatable bonds is 1. The maximum Gasteiger partial charge on any atom is 0.129 e. The predicted octanol–water partition coefficient (Wildman–Crippen LogP) is 2.93. The van der Waals surface area contributed by atoms with Gasteiger partial charge in [-0.25, -0.2) is 4.39 Å². The van der Waals surface area contributed by atoms with E-state index < -0.39 is 5.60 Å². The zero-order valence-electron chi connectivity index (χ0n) is 11.7. The summed E-state index contributed by atoms with van der Waals surface area (Å²) in [5.74, 6) is -0.151. The van der Waals surface area contributed by atoms with Crippen molar-refractivity contribution >= 4 is 0 Å². The summed E-state index contributed by atoms with van der Waals surface area (Å²) in [6.45, 7) is 3.55. The highest BCUT2D eigenvalue weighted by atomic mass is 19.1. The van der Waals surface area contributed by atoms with Crippen molar-refractivity contribution in [1.29, 1.82) is 0 Å². The van der Waals surface area contributed by atoms with Crippen LogP contribution in [0.2, 0.25) is 0 Å². The van der Waals surface area contributed by atoms with E-state index >= 15 is 0 Å². The molecule has 2 aliphatic heterocycles. The number of fused-ring (bicyclic) bond motifs is 2. The number of aryl methyl sites for hydroxylation is 2. The van der Waals surface area contributed by atoms with E-state index in [1.807, 2.05) is 12.1 Å². The van der Waals surface area contributed by atoms with Gasteiger partial charge in [0.05, 0.1) is 5.60 Å². The van der Waals surface area contributed by atoms with Gasteiger partial charge in [-0.15, -0.1) is 0 Å². The summed E-state index contributed by atoms with van der Waals surface area (Å²) < 4.78 is 13.7. The second-order valence-electron chi connectivity index (χ2n) is 6.36. The lowest BCUT2D eigenvalue weighted by atomic mass is 9.73. The summed E-state index contributed by atoms with van der Waals surface area (Å²) in [4.78, 5) is 0. The Morgan fingerprint density at radius 3 is 2.21 bits per heavy atom. The third kappa shape index (κ3) is 2.30. The highest BCUT2D eigenvalue weighted by molar-refractivity contribution is 5.35. The Bertz CT molecular complexity index is 465. The molecule has 19 heavy (non-hydrogen) atoms. The molecule has 0 saturated carbocycles. The molecule has 0 amide bonds. The number of hydrogen-bond donors (Lipinski definition) is 2. The first kappa shape index (κ1) is 13.1. The zero-order chi connectivity index (χ0) is 13.6. The standard InChI is InChI=1S/C16H22FNO/c1-10-6-12(7-11(2)15(10)17)16(19)8-13-4-3-5-14(9-16)18-13/h6-7,13-14,18-19H,3-5,8-9H2,1-2H3. The molecule has 104 valence electrons. The molecule has 2 fully saturated rings. The topological polar surface area (TPSA) is 32.3 Å². The van der Waals surface area contributed by atoms with E-state index in [0.29, 0.717) is 23.2 Å². The van der Waals surface area contributed by atoms with Gasteiger partial charge in [-0.2, -0.15) is 0 Å². The lowest BCUT2D eigenvalue weighted by Gasteiger charge is -2.45. The molecule has 2 nitrogen and oxygen atoms in total. The molecule has 0 aliphatic carbocycles. The average molecular weight is 263 g/mol. The highest BCUT2D eigenvalue weighted by Crippen LogP contribution is 2.40. The minimum atomic E-state index is -0.787. The van der Waals surface area contributed by atoms with Gasteiger partial charge < -0.3 is 10.4 Å².